The van der Waals surface area contributed by atoms with E-state index >= 15 is 0 Å². The van der Waals surface area contributed by atoms with E-state index in [1.807, 2.05) is 6.08 Å². The van der Waals surface area contributed by atoms with Gasteiger partial charge in [0.1, 0.15) is 6.10 Å². The molecule has 3 nitrogen and oxygen atoms in total. The van der Waals surface area contributed by atoms with Gasteiger partial charge >= 0.3 is 0 Å². The average Bonchev–Trinajstić information content (AvgIpc) is 2.03. The smallest absolute Gasteiger partial charge is 0.217 e. The second-order valence-corrected chi connectivity index (χ2v) is 2.64. The van der Waals surface area contributed by atoms with Gasteiger partial charge < -0.3 is 10.1 Å². The normalized spacial score (nSPS) is 22.5. The lowest BCUT2D eigenvalue weighted by atomic mass is 10.1. The largest absolute Gasteiger partial charge is 0.497 e. The van der Waals surface area contributed by atoms with Crippen molar-refractivity contribution in [3.63, 3.8) is 0 Å². The Morgan fingerprint density at radius 1 is 1.82 bits per heavy atom. The molecule has 1 heterocycles. The number of hydrogen-bond donors (Lipinski definition) is 1. The van der Waals surface area contributed by atoms with Crippen molar-refractivity contribution in [2.45, 2.75) is 25.9 Å². The molecule has 0 fully saturated rings. The summed E-state index contributed by atoms with van der Waals surface area (Å²) < 4.78 is 5.23. The highest BCUT2D eigenvalue weighted by molar-refractivity contribution is 5.72. The van der Waals surface area contributed by atoms with Gasteiger partial charge in [0.2, 0.25) is 5.91 Å². The Morgan fingerprint density at radius 3 is 3.18 bits per heavy atom. The Labute approximate surface area is 66.4 Å². The van der Waals surface area contributed by atoms with Gasteiger partial charge in [-0.15, -0.1) is 0 Å². The van der Waals surface area contributed by atoms with Gasteiger partial charge in [0.25, 0.3) is 0 Å². The average molecular weight is 155 g/mol. The number of carbonyl (C=O) groups is 1. The van der Waals surface area contributed by atoms with Crippen LogP contribution in [0.25, 0.3) is 0 Å². The molecule has 0 radical (unpaired) electrons. The van der Waals surface area contributed by atoms with Crippen LogP contribution in [-0.2, 0) is 9.53 Å². The van der Waals surface area contributed by atoms with Crippen LogP contribution in [0.5, 0.6) is 0 Å². The third-order valence-electron chi connectivity index (χ3n) is 1.60. The molecule has 3 heteroatoms. The number of ether oxygens (including phenoxy) is 1. The molecule has 11 heavy (non-hydrogen) atoms. The van der Waals surface area contributed by atoms with Crippen LogP contribution in [0, 0.1) is 0 Å². The van der Waals surface area contributed by atoms with E-state index in [-0.39, 0.29) is 12.0 Å². The zero-order chi connectivity index (χ0) is 8.10. The van der Waals surface area contributed by atoms with Gasteiger partial charge in [-0.1, -0.05) is 0 Å². The van der Waals surface area contributed by atoms with Crippen molar-refractivity contribution in [2.24, 2.45) is 0 Å². The maximum absolute atomic E-state index is 10.5. The highest BCUT2D eigenvalue weighted by Crippen LogP contribution is 2.08. The first-order chi connectivity index (χ1) is 5.29. The van der Waals surface area contributed by atoms with Crippen LogP contribution in [0.4, 0.5) is 0 Å². The van der Waals surface area contributed by atoms with E-state index < -0.39 is 0 Å². The number of rotatable bonds is 2. The van der Waals surface area contributed by atoms with Gasteiger partial charge in [0.15, 0.2) is 0 Å². The lowest BCUT2D eigenvalue weighted by Crippen LogP contribution is -2.31. The molecule has 0 unspecified atom stereocenters. The van der Waals surface area contributed by atoms with Crippen LogP contribution in [0.1, 0.15) is 19.8 Å². The molecule has 0 aromatic heterocycles. The summed E-state index contributed by atoms with van der Waals surface area (Å²) >= 11 is 0. The van der Waals surface area contributed by atoms with E-state index in [0.717, 1.165) is 12.8 Å². The molecule has 0 bridgehead atoms. The Hall–Kier alpha value is -0.990. The third kappa shape index (κ3) is 3.07. The van der Waals surface area contributed by atoms with E-state index in [4.69, 9.17) is 4.74 Å². The Balaban J connectivity index is 2.16. The number of nitrogens with one attached hydrogen (secondary N) is 1. The molecule has 1 atom stereocenters. The summed E-state index contributed by atoms with van der Waals surface area (Å²) in [5.74, 6) is 0.00292. The van der Waals surface area contributed by atoms with Gasteiger partial charge in [-0.25, -0.2) is 0 Å². The summed E-state index contributed by atoms with van der Waals surface area (Å²) in [5.41, 5.74) is 0. The standard InChI is InChI=1S/C8H13NO2/c1-7(10)9-6-8-4-2-3-5-11-8/h3,5,8H,2,4,6H2,1H3,(H,9,10)/t8-/m1/s1. The van der Waals surface area contributed by atoms with Gasteiger partial charge in [-0.3, -0.25) is 4.79 Å². The fourth-order valence-electron chi connectivity index (χ4n) is 0.993. The molecule has 1 rings (SSSR count). The maximum Gasteiger partial charge on any atom is 0.217 e. The van der Waals surface area contributed by atoms with Crippen molar-refractivity contribution in [1.29, 1.82) is 0 Å². The molecule has 1 N–H and O–H groups in total. The maximum atomic E-state index is 10.5. The van der Waals surface area contributed by atoms with Gasteiger partial charge in [0.05, 0.1) is 12.8 Å². The molecular weight excluding hydrogens is 142 g/mol. The van der Waals surface area contributed by atoms with E-state index in [1.54, 1.807) is 6.26 Å². The summed E-state index contributed by atoms with van der Waals surface area (Å²) in [4.78, 5) is 10.5. The van der Waals surface area contributed by atoms with E-state index in [1.165, 1.54) is 6.92 Å². The minimum atomic E-state index is 0.00292. The number of carbonyl (C=O) groups excluding carboxylic acids is 1. The predicted octanol–water partition coefficient (Wildman–Crippen LogP) is 0.815. The van der Waals surface area contributed by atoms with Gasteiger partial charge in [0, 0.05) is 6.92 Å². The number of allylic oxidation sites excluding steroid dienone is 1. The number of hydrogen-bond acceptors (Lipinski definition) is 2. The molecule has 0 saturated heterocycles. The molecular formula is C8H13NO2. The molecule has 0 saturated carbocycles. The van der Waals surface area contributed by atoms with Gasteiger partial charge in [-0.2, -0.15) is 0 Å². The zero-order valence-corrected chi connectivity index (χ0v) is 6.67. The molecule has 0 spiro atoms. The molecule has 1 aliphatic heterocycles. The van der Waals surface area contributed by atoms with Crippen LogP contribution in [-0.4, -0.2) is 18.6 Å². The van der Waals surface area contributed by atoms with Crippen LogP contribution in [0.3, 0.4) is 0 Å². The predicted molar refractivity (Wildman–Crippen MR) is 41.9 cm³/mol. The highest BCUT2D eigenvalue weighted by Gasteiger charge is 2.10. The quantitative estimate of drug-likeness (QED) is 0.641. The Morgan fingerprint density at radius 2 is 2.64 bits per heavy atom. The third-order valence-corrected chi connectivity index (χ3v) is 1.60. The van der Waals surface area contributed by atoms with E-state index in [9.17, 15) is 4.79 Å². The van der Waals surface area contributed by atoms with Crippen LogP contribution in [0.2, 0.25) is 0 Å². The molecule has 1 amide bonds. The second kappa shape index (κ2) is 4.01. The minimum absolute atomic E-state index is 0.00292. The van der Waals surface area contributed by atoms with Crippen molar-refractivity contribution in [3.8, 4) is 0 Å². The van der Waals surface area contributed by atoms with Crippen LogP contribution < -0.4 is 5.32 Å². The molecule has 0 aromatic rings. The lowest BCUT2D eigenvalue weighted by molar-refractivity contribution is -0.119. The van der Waals surface area contributed by atoms with Crippen LogP contribution in [0.15, 0.2) is 12.3 Å². The van der Waals surface area contributed by atoms with E-state index in [2.05, 4.69) is 5.32 Å². The Bertz CT molecular complexity index is 165. The van der Waals surface area contributed by atoms with E-state index in [0.29, 0.717) is 6.54 Å². The molecule has 0 aliphatic carbocycles. The Kier molecular flexibility index (Phi) is 2.95. The topological polar surface area (TPSA) is 38.3 Å². The molecule has 62 valence electrons. The summed E-state index contributed by atoms with van der Waals surface area (Å²) in [5, 5.41) is 2.72. The lowest BCUT2D eigenvalue weighted by Gasteiger charge is -2.18. The monoisotopic (exact) mass is 155 g/mol. The van der Waals surface area contributed by atoms with Crippen LogP contribution >= 0.6 is 0 Å². The fraction of sp³-hybridized carbons (Fsp3) is 0.625. The summed E-state index contributed by atoms with van der Waals surface area (Å²) in [6, 6.07) is 0. The number of amides is 1. The highest BCUT2D eigenvalue weighted by atomic mass is 16.5. The summed E-state index contributed by atoms with van der Waals surface area (Å²) in [6.45, 7) is 2.14. The first kappa shape index (κ1) is 8.11. The first-order valence-corrected chi connectivity index (χ1v) is 3.84. The van der Waals surface area contributed by atoms with Crippen molar-refractivity contribution < 1.29 is 9.53 Å². The fourth-order valence-corrected chi connectivity index (χ4v) is 0.993. The summed E-state index contributed by atoms with van der Waals surface area (Å²) in [6.07, 6.45) is 5.91. The van der Waals surface area contributed by atoms with Gasteiger partial charge in [-0.05, 0) is 18.9 Å². The molecule has 1 aliphatic rings. The van der Waals surface area contributed by atoms with Crippen molar-refractivity contribution in [3.05, 3.63) is 12.3 Å². The van der Waals surface area contributed by atoms with Crippen molar-refractivity contribution in [1.82, 2.24) is 5.32 Å². The minimum Gasteiger partial charge on any atom is -0.497 e. The van der Waals surface area contributed by atoms with Crippen molar-refractivity contribution in [2.75, 3.05) is 6.54 Å². The molecule has 0 aromatic carbocycles. The SMILES string of the molecule is CC(=O)NC[C@H]1CCC=CO1. The zero-order valence-electron chi connectivity index (χ0n) is 6.67. The summed E-state index contributed by atoms with van der Waals surface area (Å²) in [7, 11) is 0. The first-order valence-electron chi connectivity index (χ1n) is 3.84. The van der Waals surface area contributed by atoms with Crippen molar-refractivity contribution >= 4 is 5.91 Å². The second-order valence-electron chi connectivity index (χ2n) is 2.64.